The third-order valence-electron chi connectivity index (χ3n) is 2.60. The fourth-order valence-corrected chi connectivity index (χ4v) is 1.72. The fourth-order valence-electron chi connectivity index (χ4n) is 1.72. The number of para-hydroxylation sites is 1. The van der Waals surface area contributed by atoms with Crippen LogP contribution in [0.1, 0.15) is 20.3 Å². The van der Waals surface area contributed by atoms with Gasteiger partial charge in [-0.15, -0.1) is 0 Å². The van der Waals surface area contributed by atoms with Crippen molar-refractivity contribution in [3.05, 3.63) is 18.2 Å². The molecule has 0 atom stereocenters. The van der Waals surface area contributed by atoms with E-state index < -0.39 is 0 Å². The molecule has 4 nitrogen and oxygen atoms in total. The molecule has 0 heterocycles. The van der Waals surface area contributed by atoms with Crippen LogP contribution in [0.25, 0.3) is 0 Å². The number of aliphatic hydroxyl groups is 1. The van der Waals surface area contributed by atoms with Crippen LogP contribution in [-0.2, 0) is 0 Å². The van der Waals surface area contributed by atoms with Gasteiger partial charge in [0.25, 0.3) is 0 Å². The number of likely N-dealkylation sites (N-methyl/N-ethyl adjacent to an activating group) is 1. The summed E-state index contributed by atoms with van der Waals surface area (Å²) in [6, 6.07) is 5.76. The van der Waals surface area contributed by atoms with Gasteiger partial charge in [-0.2, -0.15) is 0 Å². The molecule has 0 fully saturated rings. The van der Waals surface area contributed by atoms with Crippen molar-refractivity contribution in [2.45, 2.75) is 20.3 Å². The Bertz CT molecular complexity index is 342. The summed E-state index contributed by atoms with van der Waals surface area (Å²) >= 11 is 0. The molecule has 1 aromatic rings. The number of ether oxygens (including phenoxy) is 1. The summed E-state index contributed by atoms with van der Waals surface area (Å²) in [7, 11) is 0. The lowest BCUT2D eigenvalue weighted by Gasteiger charge is -2.24. The van der Waals surface area contributed by atoms with Crippen molar-refractivity contribution in [2.24, 2.45) is 0 Å². The van der Waals surface area contributed by atoms with E-state index in [0.717, 1.165) is 24.4 Å². The molecule has 17 heavy (non-hydrogen) atoms. The molecule has 0 radical (unpaired) electrons. The van der Waals surface area contributed by atoms with Gasteiger partial charge in [0, 0.05) is 13.1 Å². The van der Waals surface area contributed by atoms with Gasteiger partial charge in [0.05, 0.1) is 24.6 Å². The molecular weight excluding hydrogens is 216 g/mol. The molecule has 0 aromatic heterocycles. The molecule has 0 aliphatic rings. The molecule has 3 N–H and O–H groups in total. The highest BCUT2D eigenvalue weighted by molar-refractivity contribution is 5.74. The Morgan fingerprint density at radius 1 is 1.35 bits per heavy atom. The van der Waals surface area contributed by atoms with Crippen LogP contribution in [-0.4, -0.2) is 31.4 Å². The van der Waals surface area contributed by atoms with Crippen molar-refractivity contribution in [1.29, 1.82) is 0 Å². The van der Waals surface area contributed by atoms with Crippen LogP contribution in [0.5, 0.6) is 5.75 Å². The van der Waals surface area contributed by atoms with Gasteiger partial charge in [-0.3, -0.25) is 0 Å². The second-order valence-electron chi connectivity index (χ2n) is 3.84. The zero-order valence-electron chi connectivity index (χ0n) is 10.6. The molecule has 1 rings (SSSR count). The van der Waals surface area contributed by atoms with Gasteiger partial charge in [-0.05, 0) is 25.5 Å². The van der Waals surface area contributed by atoms with Crippen molar-refractivity contribution < 1.29 is 9.84 Å². The van der Waals surface area contributed by atoms with Gasteiger partial charge in [0.1, 0.15) is 5.75 Å². The first-order chi connectivity index (χ1) is 8.24. The Kier molecular flexibility index (Phi) is 5.63. The molecule has 0 saturated heterocycles. The van der Waals surface area contributed by atoms with E-state index in [1.54, 1.807) is 0 Å². The van der Waals surface area contributed by atoms with Crippen molar-refractivity contribution in [3.8, 4) is 5.75 Å². The molecule has 0 aliphatic carbocycles. The van der Waals surface area contributed by atoms with Gasteiger partial charge in [0.2, 0.25) is 0 Å². The first-order valence-corrected chi connectivity index (χ1v) is 6.11. The van der Waals surface area contributed by atoms with Gasteiger partial charge < -0.3 is 20.5 Å². The molecule has 4 heteroatoms. The normalized spacial score (nSPS) is 10.3. The standard InChI is InChI=1S/C13H22N2O2/c1-3-10-17-12-7-5-6-11(13(12)14)15(4-2)8-9-16/h5-7,16H,3-4,8-10,14H2,1-2H3. The van der Waals surface area contributed by atoms with Crippen LogP contribution in [0, 0.1) is 0 Å². The van der Waals surface area contributed by atoms with E-state index in [0.29, 0.717) is 18.8 Å². The third kappa shape index (κ3) is 3.53. The second kappa shape index (κ2) is 7.01. The maximum atomic E-state index is 9.02. The minimum absolute atomic E-state index is 0.118. The van der Waals surface area contributed by atoms with E-state index in [-0.39, 0.29) is 6.61 Å². The Balaban J connectivity index is 2.91. The van der Waals surface area contributed by atoms with Crippen molar-refractivity contribution >= 4 is 11.4 Å². The molecule has 0 spiro atoms. The largest absolute Gasteiger partial charge is 0.491 e. The summed E-state index contributed by atoms with van der Waals surface area (Å²) in [5.74, 6) is 0.723. The third-order valence-corrected chi connectivity index (χ3v) is 2.60. The summed E-state index contributed by atoms with van der Waals surface area (Å²) in [6.45, 7) is 6.27. The first-order valence-electron chi connectivity index (χ1n) is 6.11. The number of hydrogen-bond acceptors (Lipinski definition) is 4. The maximum absolute atomic E-state index is 9.02. The predicted molar refractivity (Wildman–Crippen MR) is 71.6 cm³/mol. The lowest BCUT2D eigenvalue weighted by Crippen LogP contribution is -2.27. The zero-order valence-corrected chi connectivity index (χ0v) is 10.6. The predicted octanol–water partition coefficient (Wildman–Crippen LogP) is 1.88. The average Bonchev–Trinajstić information content (AvgIpc) is 2.35. The number of nitrogens with two attached hydrogens (primary N) is 1. The topological polar surface area (TPSA) is 58.7 Å². The zero-order chi connectivity index (χ0) is 12.7. The SMILES string of the molecule is CCCOc1cccc(N(CC)CCO)c1N. The lowest BCUT2D eigenvalue weighted by molar-refractivity contribution is 0.302. The smallest absolute Gasteiger partial charge is 0.144 e. The van der Waals surface area contributed by atoms with E-state index >= 15 is 0 Å². The van der Waals surface area contributed by atoms with Gasteiger partial charge in [-0.1, -0.05) is 13.0 Å². The molecular formula is C13H22N2O2. The monoisotopic (exact) mass is 238 g/mol. The minimum Gasteiger partial charge on any atom is -0.491 e. The average molecular weight is 238 g/mol. The first kappa shape index (κ1) is 13.6. The van der Waals surface area contributed by atoms with E-state index in [1.807, 2.05) is 30.0 Å². The molecule has 0 saturated carbocycles. The Morgan fingerprint density at radius 3 is 2.71 bits per heavy atom. The highest BCUT2D eigenvalue weighted by atomic mass is 16.5. The quantitative estimate of drug-likeness (QED) is 0.712. The summed E-state index contributed by atoms with van der Waals surface area (Å²) in [6.07, 6.45) is 0.956. The Hall–Kier alpha value is -1.42. The summed E-state index contributed by atoms with van der Waals surface area (Å²) in [5.41, 5.74) is 7.66. The number of rotatable bonds is 7. The van der Waals surface area contributed by atoms with Gasteiger partial charge in [0.15, 0.2) is 0 Å². The highest BCUT2D eigenvalue weighted by Crippen LogP contribution is 2.32. The van der Waals surface area contributed by atoms with Crippen molar-refractivity contribution in [3.63, 3.8) is 0 Å². The van der Waals surface area contributed by atoms with Gasteiger partial charge >= 0.3 is 0 Å². The number of nitrogens with zero attached hydrogens (tertiary/aromatic N) is 1. The molecule has 96 valence electrons. The number of nitrogen functional groups attached to an aromatic ring is 1. The minimum atomic E-state index is 0.118. The van der Waals surface area contributed by atoms with Crippen LogP contribution in [0.15, 0.2) is 18.2 Å². The van der Waals surface area contributed by atoms with Crippen LogP contribution < -0.4 is 15.4 Å². The summed E-state index contributed by atoms with van der Waals surface area (Å²) in [5, 5.41) is 9.02. The number of hydrogen-bond donors (Lipinski definition) is 2. The fraction of sp³-hybridized carbons (Fsp3) is 0.538. The van der Waals surface area contributed by atoms with Crippen molar-refractivity contribution in [1.82, 2.24) is 0 Å². The summed E-state index contributed by atoms with van der Waals surface area (Å²) in [4.78, 5) is 2.04. The summed E-state index contributed by atoms with van der Waals surface area (Å²) < 4.78 is 5.59. The second-order valence-corrected chi connectivity index (χ2v) is 3.84. The Labute approximate surface area is 103 Å². The van der Waals surface area contributed by atoms with Crippen molar-refractivity contribution in [2.75, 3.05) is 36.9 Å². The molecule has 0 unspecified atom stereocenters. The van der Waals surface area contributed by atoms with Crippen LogP contribution in [0.4, 0.5) is 11.4 Å². The van der Waals surface area contributed by atoms with Crippen LogP contribution in [0.3, 0.4) is 0 Å². The molecule has 1 aromatic carbocycles. The van der Waals surface area contributed by atoms with Crippen LogP contribution >= 0.6 is 0 Å². The molecule has 0 amide bonds. The van der Waals surface area contributed by atoms with Crippen LogP contribution in [0.2, 0.25) is 0 Å². The molecule has 0 bridgehead atoms. The van der Waals surface area contributed by atoms with E-state index in [2.05, 4.69) is 6.92 Å². The maximum Gasteiger partial charge on any atom is 0.144 e. The number of benzene rings is 1. The lowest BCUT2D eigenvalue weighted by atomic mass is 10.2. The Morgan fingerprint density at radius 2 is 2.12 bits per heavy atom. The van der Waals surface area contributed by atoms with E-state index in [4.69, 9.17) is 15.6 Å². The highest BCUT2D eigenvalue weighted by Gasteiger charge is 2.11. The molecule has 0 aliphatic heterocycles. The van der Waals surface area contributed by atoms with Gasteiger partial charge in [-0.25, -0.2) is 0 Å². The number of aliphatic hydroxyl groups excluding tert-OH is 1. The van der Waals surface area contributed by atoms with E-state index in [9.17, 15) is 0 Å². The van der Waals surface area contributed by atoms with E-state index in [1.165, 1.54) is 0 Å². The number of anilines is 2.